The van der Waals surface area contributed by atoms with Crippen molar-refractivity contribution in [2.75, 3.05) is 13.7 Å². The van der Waals surface area contributed by atoms with E-state index in [9.17, 15) is 9.59 Å². The van der Waals surface area contributed by atoms with Crippen LogP contribution in [-0.2, 0) is 16.1 Å². The second kappa shape index (κ2) is 11.6. The minimum Gasteiger partial charge on any atom is -0.487 e. The standard InChI is InChI=1S/C27H22Cl2N2O4S/c1-3-34-26(33)19-7-11-21(12-8-19)30-27-31(2)25(32)24(36-27)15-18-6-13-23(22(29)14-18)35-16-17-4-9-20(28)10-5-17/h4-15H,3,16H2,1-2H3. The lowest BCUT2D eigenvalue weighted by molar-refractivity contribution is -0.121. The normalized spacial score (nSPS) is 15.6. The lowest BCUT2D eigenvalue weighted by Gasteiger charge is -2.09. The molecule has 0 radical (unpaired) electrons. The van der Waals surface area contributed by atoms with Gasteiger partial charge in [-0.15, -0.1) is 0 Å². The molecule has 1 fully saturated rings. The molecule has 1 aliphatic rings. The highest BCUT2D eigenvalue weighted by atomic mass is 35.5. The number of hydrogen-bond acceptors (Lipinski definition) is 6. The van der Waals surface area contributed by atoms with Crippen molar-refractivity contribution in [3.8, 4) is 5.75 Å². The van der Waals surface area contributed by atoms with Crippen molar-refractivity contribution in [2.24, 2.45) is 4.99 Å². The predicted molar refractivity (Wildman–Crippen MR) is 145 cm³/mol. The fraction of sp³-hybridized carbons (Fsp3) is 0.148. The highest BCUT2D eigenvalue weighted by Crippen LogP contribution is 2.34. The number of hydrogen-bond donors (Lipinski definition) is 0. The van der Waals surface area contributed by atoms with Gasteiger partial charge in [0.1, 0.15) is 12.4 Å². The first-order valence-electron chi connectivity index (χ1n) is 11.0. The fourth-order valence-corrected chi connectivity index (χ4v) is 4.62. The first-order chi connectivity index (χ1) is 17.3. The summed E-state index contributed by atoms with van der Waals surface area (Å²) in [5, 5.41) is 1.64. The maximum atomic E-state index is 12.8. The summed E-state index contributed by atoms with van der Waals surface area (Å²) in [6.45, 7) is 2.43. The van der Waals surface area contributed by atoms with Gasteiger partial charge in [-0.2, -0.15) is 0 Å². The first-order valence-corrected chi connectivity index (χ1v) is 12.6. The van der Waals surface area contributed by atoms with Crippen LogP contribution in [0.25, 0.3) is 6.08 Å². The third kappa shape index (κ3) is 6.29. The van der Waals surface area contributed by atoms with E-state index in [0.717, 1.165) is 11.1 Å². The van der Waals surface area contributed by atoms with Crippen LogP contribution in [-0.4, -0.2) is 35.6 Å². The molecule has 1 amide bonds. The van der Waals surface area contributed by atoms with Crippen LogP contribution in [0.2, 0.25) is 10.0 Å². The summed E-state index contributed by atoms with van der Waals surface area (Å²) in [4.78, 5) is 31.2. The number of nitrogens with zero attached hydrogens (tertiary/aromatic N) is 2. The highest BCUT2D eigenvalue weighted by Gasteiger charge is 2.30. The maximum Gasteiger partial charge on any atom is 0.338 e. The van der Waals surface area contributed by atoms with Crippen molar-refractivity contribution in [1.82, 2.24) is 4.90 Å². The van der Waals surface area contributed by atoms with E-state index in [0.29, 0.717) is 50.3 Å². The van der Waals surface area contributed by atoms with Crippen LogP contribution < -0.4 is 4.74 Å². The minimum atomic E-state index is -0.385. The molecule has 3 aromatic carbocycles. The van der Waals surface area contributed by atoms with E-state index in [4.69, 9.17) is 32.7 Å². The van der Waals surface area contributed by atoms with Gasteiger partial charge in [-0.05, 0) is 84.4 Å². The molecule has 0 bridgehead atoms. The Labute approximate surface area is 223 Å². The quantitative estimate of drug-likeness (QED) is 0.238. The van der Waals surface area contributed by atoms with Crippen LogP contribution in [0.5, 0.6) is 5.75 Å². The molecule has 1 heterocycles. The molecule has 6 nitrogen and oxygen atoms in total. The van der Waals surface area contributed by atoms with E-state index in [1.165, 1.54) is 16.7 Å². The molecular weight excluding hydrogens is 519 g/mol. The summed E-state index contributed by atoms with van der Waals surface area (Å²) in [5.41, 5.74) is 2.81. The summed E-state index contributed by atoms with van der Waals surface area (Å²) >= 11 is 13.6. The van der Waals surface area contributed by atoms with E-state index in [2.05, 4.69) is 4.99 Å². The number of carbonyl (C=O) groups is 2. The molecule has 0 saturated carbocycles. The number of amides is 1. The van der Waals surface area contributed by atoms with E-state index >= 15 is 0 Å². The number of aliphatic imine (C=N–C) groups is 1. The van der Waals surface area contributed by atoms with E-state index in [-0.39, 0.29) is 11.9 Å². The Morgan fingerprint density at radius 2 is 1.78 bits per heavy atom. The van der Waals surface area contributed by atoms with Crippen LogP contribution in [0.1, 0.15) is 28.4 Å². The first kappa shape index (κ1) is 25.8. The monoisotopic (exact) mass is 540 g/mol. The van der Waals surface area contributed by atoms with Gasteiger partial charge in [0.2, 0.25) is 0 Å². The van der Waals surface area contributed by atoms with Crippen molar-refractivity contribution in [3.05, 3.63) is 98.4 Å². The maximum absolute atomic E-state index is 12.8. The molecule has 3 aromatic rings. The SMILES string of the molecule is CCOC(=O)c1ccc(N=C2SC(=Cc3ccc(OCc4ccc(Cl)cc4)c(Cl)c3)C(=O)N2C)cc1. The molecular formula is C27H22Cl2N2O4S. The number of esters is 1. The Balaban J connectivity index is 1.45. The smallest absolute Gasteiger partial charge is 0.338 e. The van der Waals surface area contributed by atoms with Crippen LogP contribution in [0.4, 0.5) is 5.69 Å². The number of amidine groups is 1. The van der Waals surface area contributed by atoms with Crippen LogP contribution >= 0.6 is 35.0 Å². The van der Waals surface area contributed by atoms with Crippen molar-refractivity contribution < 1.29 is 19.1 Å². The second-order valence-corrected chi connectivity index (χ2v) is 9.59. The van der Waals surface area contributed by atoms with E-state index in [1.54, 1.807) is 68.6 Å². The molecule has 1 aliphatic heterocycles. The van der Waals surface area contributed by atoms with Gasteiger partial charge in [-0.25, -0.2) is 9.79 Å². The molecule has 1 saturated heterocycles. The molecule has 0 atom stereocenters. The lowest BCUT2D eigenvalue weighted by atomic mass is 10.2. The van der Waals surface area contributed by atoms with Crippen LogP contribution in [0.15, 0.2) is 76.6 Å². The van der Waals surface area contributed by atoms with Gasteiger partial charge < -0.3 is 9.47 Å². The molecule has 0 unspecified atom stereocenters. The molecule has 4 rings (SSSR count). The molecule has 0 aromatic heterocycles. The minimum absolute atomic E-state index is 0.166. The van der Waals surface area contributed by atoms with Gasteiger partial charge in [0.05, 0.1) is 27.8 Å². The van der Waals surface area contributed by atoms with Gasteiger partial charge in [0.15, 0.2) is 5.17 Å². The Hall–Kier alpha value is -3.26. The average molecular weight is 541 g/mol. The molecule has 36 heavy (non-hydrogen) atoms. The van der Waals surface area contributed by atoms with Gasteiger partial charge in [0, 0.05) is 12.1 Å². The largest absolute Gasteiger partial charge is 0.487 e. The third-order valence-electron chi connectivity index (χ3n) is 5.17. The van der Waals surface area contributed by atoms with Gasteiger partial charge in [-0.1, -0.05) is 41.4 Å². The zero-order chi connectivity index (χ0) is 25.7. The summed E-state index contributed by atoms with van der Waals surface area (Å²) in [7, 11) is 1.67. The Bertz CT molecular complexity index is 1340. The second-order valence-electron chi connectivity index (χ2n) is 7.74. The van der Waals surface area contributed by atoms with Gasteiger partial charge in [0.25, 0.3) is 5.91 Å². The van der Waals surface area contributed by atoms with Gasteiger partial charge >= 0.3 is 5.97 Å². The molecule has 0 spiro atoms. The average Bonchev–Trinajstić information content (AvgIpc) is 3.12. The predicted octanol–water partition coefficient (Wildman–Crippen LogP) is 6.98. The number of rotatable bonds is 7. The number of carbonyl (C=O) groups excluding carboxylic acids is 2. The highest BCUT2D eigenvalue weighted by molar-refractivity contribution is 8.18. The Morgan fingerprint density at radius 1 is 1.06 bits per heavy atom. The van der Waals surface area contributed by atoms with Crippen LogP contribution in [0.3, 0.4) is 0 Å². The summed E-state index contributed by atoms with van der Waals surface area (Å²) in [5.74, 6) is -0.00426. The Morgan fingerprint density at radius 3 is 2.44 bits per heavy atom. The number of benzene rings is 3. The Kier molecular flexibility index (Phi) is 8.36. The lowest BCUT2D eigenvalue weighted by Crippen LogP contribution is -2.23. The molecule has 184 valence electrons. The van der Waals surface area contributed by atoms with Crippen molar-refractivity contribution >= 4 is 63.8 Å². The molecule has 0 aliphatic carbocycles. The zero-order valence-corrected chi connectivity index (χ0v) is 21.9. The summed E-state index contributed by atoms with van der Waals surface area (Å²) in [6.07, 6.45) is 1.77. The fourth-order valence-electron chi connectivity index (χ4n) is 3.27. The number of likely N-dealkylation sites (N-methyl/N-ethyl adjacent to an activating group) is 1. The van der Waals surface area contributed by atoms with Crippen LogP contribution in [0, 0.1) is 0 Å². The number of thioether (sulfide) groups is 1. The number of halogens is 2. The molecule has 0 N–H and O–H groups in total. The van der Waals surface area contributed by atoms with E-state index in [1.807, 2.05) is 18.2 Å². The van der Waals surface area contributed by atoms with Crippen molar-refractivity contribution in [1.29, 1.82) is 0 Å². The van der Waals surface area contributed by atoms with Gasteiger partial charge in [-0.3, -0.25) is 9.69 Å². The summed E-state index contributed by atoms with van der Waals surface area (Å²) in [6, 6.07) is 19.5. The zero-order valence-electron chi connectivity index (χ0n) is 19.5. The number of ether oxygens (including phenoxy) is 2. The topological polar surface area (TPSA) is 68.2 Å². The van der Waals surface area contributed by atoms with E-state index < -0.39 is 0 Å². The molecule has 9 heteroatoms. The van der Waals surface area contributed by atoms with Crippen molar-refractivity contribution in [3.63, 3.8) is 0 Å². The third-order valence-corrected chi connectivity index (χ3v) is 6.78. The van der Waals surface area contributed by atoms with Crippen molar-refractivity contribution in [2.45, 2.75) is 13.5 Å². The summed E-state index contributed by atoms with van der Waals surface area (Å²) < 4.78 is 10.8.